The first-order valence-corrected chi connectivity index (χ1v) is 5.61. The van der Waals surface area contributed by atoms with E-state index >= 15 is 0 Å². The third kappa shape index (κ3) is 3.16. The number of hydrogen-bond donors (Lipinski definition) is 1. The molecule has 0 aromatic heterocycles. The van der Waals surface area contributed by atoms with Crippen molar-refractivity contribution in [2.75, 3.05) is 26.0 Å². The van der Waals surface area contributed by atoms with Crippen molar-refractivity contribution in [2.24, 2.45) is 0 Å². The number of anilines is 1. The van der Waals surface area contributed by atoms with Gasteiger partial charge in [0.05, 0.1) is 5.69 Å². The van der Waals surface area contributed by atoms with Crippen LogP contribution in [-0.2, 0) is 6.42 Å². The number of likely N-dealkylation sites (N-methyl/N-ethyl adjacent to an activating group) is 1. The molecule has 4 heteroatoms. The molecule has 1 N–H and O–H groups in total. The third-order valence-corrected chi connectivity index (χ3v) is 2.91. The zero-order valence-electron chi connectivity index (χ0n) is 11.1. The zero-order valence-corrected chi connectivity index (χ0v) is 11.1. The Morgan fingerprint density at radius 1 is 1.24 bits per heavy atom. The minimum absolute atomic E-state index is 0.158. The van der Waals surface area contributed by atoms with E-state index in [1.54, 1.807) is 25.1 Å². The molecule has 0 radical (unpaired) electrons. The highest BCUT2D eigenvalue weighted by atomic mass is 19.2. The molecule has 17 heavy (non-hydrogen) atoms. The molecule has 0 spiro atoms. The molecule has 0 saturated carbocycles. The van der Waals surface area contributed by atoms with E-state index in [4.69, 9.17) is 0 Å². The van der Waals surface area contributed by atoms with Crippen LogP contribution in [0.3, 0.4) is 0 Å². The summed E-state index contributed by atoms with van der Waals surface area (Å²) >= 11 is 0. The molecule has 96 valence electrons. The van der Waals surface area contributed by atoms with Gasteiger partial charge < -0.3 is 10.2 Å². The first kappa shape index (κ1) is 13.9. The number of nitrogens with zero attached hydrogens (tertiary/aromatic N) is 1. The lowest BCUT2D eigenvalue weighted by molar-refractivity contribution is 0.420. The van der Waals surface area contributed by atoms with Crippen LogP contribution in [0.4, 0.5) is 14.5 Å². The second-order valence-electron chi connectivity index (χ2n) is 5.07. The van der Waals surface area contributed by atoms with Gasteiger partial charge in [-0.3, -0.25) is 0 Å². The molecule has 0 unspecified atom stereocenters. The highest BCUT2D eigenvalue weighted by molar-refractivity contribution is 5.54. The van der Waals surface area contributed by atoms with Crippen LogP contribution in [0.2, 0.25) is 0 Å². The number of rotatable bonds is 4. The maximum atomic E-state index is 13.8. The monoisotopic (exact) mass is 242 g/mol. The Bertz CT molecular complexity index is 401. The summed E-state index contributed by atoms with van der Waals surface area (Å²) in [6.07, 6.45) is 0.633. The maximum Gasteiger partial charge on any atom is 0.182 e. The zero-order chi connectivity index (χ0) is 13.2. The quantitative estimate of drug-likeness (QED) is 0.873. The van der Waals surface area contributed by atoms with Crippen LogP contribution >= 0.6 is 0 Å². The summed E-state index contributed by atoms with van der Waals surface area (Å²) in [5.74, 6) is -1.58. The van der Waals surface area contributed by atoms with E-state index in [0.717, 1.165) is 5.56 Å². The lowest BCUT2D eigenvalue weighted by Crippen LogP contribution is -2.38. The summed E-state index contributed by atoms with van der Waals surface area (Å²) < 4.78 is 27.0. The molecule has 1 rings (SSSR count). The van der Waals surface area contributed by atoms with Gasteiger partial charge in [0.25, 0.3) is 0 Å². The fourth-order valence-corrected chi connectivity index (χ4v) is 1.77. The molecular weight excluding hydrogens is 222 g/mol. The van der Waals surface area contributed by atoms with Gasteiger partial charge in [0.2, 0.25) is 0 Å². The van der Waals surface area contributed by atoms with E-state index in [0.29, 0.717) is 12.1 Å². The topological polar surface area (TPSA) is 15.3 Å². The number of nitrogens with one attached hydrogen (secondary N) is 1. The fourth-order valence-electron chi connectivity index (χ4n) is 1.77. The van der Waals surface area contributed by atoms with Gasteiger partial charge in [0.1, 0.15) is 0 Å². The van der Waals surface area contributed by atoms with Crippen molar-refractivity contribution < 1.29 is 8.78 Å². The first-order valence-electron chi connectivity index (χ1n) is 5.61. The van der Waals surface area contributed by atoms with Crippen molar-refractivity contribution in [3.8, 4) is 0 Å². The Hall–Kier alpha value is -1.16. The van der Waals surface area contributed by atoms with Crippen molar-refractivity contribution in [3.05, 3.63) is 29.3 Å². The van der Waals surface area contributed by atoms with Crippen LogP contribution < -0.4 is 10.2 Å². The standard InChI is InChI=1S/C13H20F2N2/c1-13(2,16-3)8-9-6-7-10(14)11(15)12(9)17(4)5/h6-7,16H,8H2,1-5H3. The fraction of sp³-hybridized carbons (Fsp3) is 0.538. The minimum Gasteiger partial charge on any atom is -0.375 e. The van der Waals surface area contributed by atoms with Crippen LogP contribution in [0, 0.1) is 11.6 Å². The summed E-state index contributed by atoms with van der Waals surface area (Å²) in [4.78, 5) is 1.61. The molecule has 0 fully saturated rings. The molecule has 0 atom stereocenters. The van der Waals surface area contributed by atoms with Gasteiger partial charge in [-0.1, -0.05) is 6.07 Å². The molecule has 1 aromatic rings. The van der Waals surface area contributed by atoms with Gasteiger partial charge in [-0.05, 0) is 38.9 Å². The van der Waals surface area contributed by atoms with E-state index in [1.807, 2.05) is 20.9 Å². The molecule has 1 aromatic carbocycles. The van der Waals surface area contributed by atoms with Crippen LogP contribution in [0.15, 0.2) is 12.1 Å². The Morgan fingerprint density at radius 2 is 1.82 bits per heavy atom. The first-order chi connectivity index (χ1) is 7.78. The summed E-state index contributed by atoms with van der Waals surface area (Å²) in [6, 6.07) is 2.83. The molecule has 0 amide bonds. The van der Waals surface area contributed by atoms with Crippen molar-refractivity contribution in [3.63, 3.8) is 0 Å². The van der Waals surface area contributed by atoms with Gasteiger partial charge in [0.15, 0.2) is 11.6 Å². The molecule has 0 heterocycles. The maximum absolute atomic E-state index is 13.8. The molecule has 0 bridgehead atoms. The minimum atomic E-state index is -0.806. The number of benzene rings is 1. The highest BCUT2D eigenvalue weighted by Gasteiger charge is 2.21. The molecular formula is C13H20F2N2. The highest BCUT2D eigenvalue weighted by Crippen LogP contribution is 2.27. The SMILES string of the molecule is CNC(C)(C)Cc1ccc(F)c(F)c1N(C)C. The van der Waals surface area contributed by atoms with Gasteiger partial charge in [0, 0.05) is 19.6 Å². The van der Waals surface area contributed by atoms with Gasteiger partial charge in [-0.15, -0.1) is 0 Å². The average molecular weight is 242 g/mol. The summed E-state index contributed by atoms with van der Waals surface area (Å²) in [5.41, 5.74) is 0.969. The lowest BCUT2D eigenvalue weighted by atomic mass is 9.93. The van der Waals surface area contributed by atoms with Crippen LogP contribution in [0.25, 0.3) is 0 Å². The Balaban J connectivity index is 3.20. The predicted molar refractivity (Wildman–Crippen MR) is 67.5 cm³/mol. The molecule has 0 aliphatic carbocycles. The van der Waals surface area contributed by atoms with Crippen LogP contribution in [-0.4, -0.2) is 26.7 Å². The normalized spacial score (nSPS) is 11.7. The van der Waals surface area contributed by atoms with Crippen molar-refractivity contribution >= 4 is 5.69 Å². The second-order valence-corrected chi connectivity index (χ2v) is 5.07. The third-order valence-electron chi connectivity index (χ3n) is 2.91. The van der Waals surface area contributed by atoms with Crippen molar-refractivity contribution in [2.45, 2.75) is 25.8 Å². The summed E-state index contributed by atoms with van der Waals surface area (Å²) in [6.45, 7) is 4.04. The van der Waals surface area contributed by atoms with Gasteiger partial charge in [-0.2, -0.15) is 0 Å². The van der Waals surface area contributed by atoms with E-state index < -0.39 is 11.6 Å². The molecule has 2 nitrogen and oxygen atoms in total. The average Bonchev–Trinajstić information content (AvgIpc) is 2.23. The van der Waals surface area contributed by atoms with Gasteiger partial charge in [-0.25, -0.2) is 8.78 Å². The van der Waals surface area contributed by atoms with Crippen LogP contribution in [0.5, 0.6) is 0 Å². The van der Waals surface area contributed by atoms with E-state index in [2.05, 4.69) is 5.32 Å². The second kappa shape index (κ2) is 5.00. The Kier molecular flexibility index (Phi) is 4.09. The predicted octanol–water partition coefficient (Wildman–Crippen LogP) is 2.57. The number of halogens is 2. The summed E-state index contributed by atoms with van der Waals surface area (Å²) in [5, 5.41) is 3.16. The molecule has 0 aliphatic rings. The smallest absolute Gasteiger partial charge is 0.182 e. The molecule has 0 aliphatic heterocycles. The van der Waals surface area contributed by atoms with E-state index in [1.165, 1.54) is 6.07 Å². The van der Waals surface area contributed by atoms with E-state index in [-0.39, 0.29) is 5.54 Å². The molecule has 0 saturated heterocycles. The van der Waals surface area contributed by atoms with Crippen LogP contribution in [0.1, 0.15) is 19.4 Å². The summed E-state index contributed by atoms with van der Waals surface area (Å²) in [7, 11) is 5.29. The largest absolute Gasteiger partial charge is 0.375 e. The van der Waals surface area contributed by atoms with Gasteiger partial charge >= 0.3 is 0 Å². The van der Waals surface area contributed by atoms with Crippen molar-refractivity contribution in [1.82, 2.24) is 5.32 Å². The number of hydrogen-bond acceptors (Lipinski definition) is 2. The Morgan fingerprint density at radius 3 is 2.29 bits per heavy atom. The van der Waals surface area contributed by atoms with E-state index in [9.17, 15) is 8.78 Å². The lowest BCUT2D eigenvalue weighted by Gasteiger charge is -2.27. The van der Waals surface area contributed by atoms with Crippen molar-refractivity contribution in [1.29, 1.82) is 0 Å². The Labute approximate surface area is 102 Å².